The summed E-state index contributed by atoms with van der Waals surface area (Å²) in [5, 5.41) is 1.05. The normalized spacial score (nSPS) is 11.2. The van der Waals surface area contributed by atoms with Crippen LogP contribution in [0.1, 0.15) is 5.56 Å². The number of pyridine rings is 1. The summed E-state index contributed by atoms with van der Waals surface area (Å²) in [6, 6.07) is 18.8. The van der Waals surface area contributed by atoms with Crippen molar-refractivity contribution in [2.75, 3.05) is 39.2 Å². The van der Waals surface area contributed by atoms with Gasteiger partial charge in [0.2, 0.25) is 0 Å². The van der Waals surface area contributed by atoms with Gasteiger partial charge in [-0.2, -0.15) is 0 Å². The van der Waals surface area contributed by atoms with Crippen LogP contribution >= 0.6 is 11.3 Å². The molecule has 2 aromatic heterocycles. The first kappa shape index (κ1) is 20.3. The molecule has 0 spiro atoms. The Bertz CT molecular complexity index is 1110. The minimum Gasteiger partial charge on any atom is -0.497 e. The number of fused-ring (bicyclic) bond motifs is 1. The van der Waals surface area contributed by atoms with Crippen molar-refractivity contribution in [2.45, 2.75) is 6.54 Å². The summed E-state index contributed by atoms with van der Waals surface area (Å²) in [7, 11) is 5.96. The van der Waals surface area contributed by atoms with E-state index < -0.39 is 0 Å². The van der Waals surface area contributed by atoms with E-state index in [-0.39, 0.29) is 0 Å². The van der Waals surface area contributed by atoms with Crippen molar-refractivity contribution in [1.82, 2.24) is 14.9 Å². The van der Waals surface area contributed by atoms with Gasteiger partial charge < -0.3 is 14.5 Å². The maximum absolute atomic E-state index is 5.32. The number of thiazole rings is 1. The molecule has 30 heavy (non-hydrogen) atoms. The van der Waals surface area contributed by atoms with E-state index in [1.54, 1.807) is 18.4 Å². The van der Waals surface area contributed by atoms with E-state index in [0.717, 1.165) is 36.0 Å². The van der Waals surface area contributed by atoms with Crippen molar-refractivity contribution in [3.8, 4) is 16.9 Å². The van der Waals surface area contributed by atoms with Gasteiger partial charge in [0.15, 0.2) is 5.13 Å². The zero-order chi connectivity index (χ0) is 20.9. The third kappa shape index (κ3) is 4.78. The Morgan fingerprint density at radius 3 is 2.57 bits per heavy atom. The largest absolute Gasteiger partial charge is 0.497 e. The fourth-order valence-corrected chi connectivity index (χ4v) is 4.37. The number of benzene rings is 2. The van der Waals surface area contributed by atoms with Crippen LogP contribution in [0.4, 0.5) is 5.13 Å². The fraction of sp³-hybridized carbons (Fsp3) is 0.250. The lowest BCUT2D eigenvalue weighted by Gasteiger charge is -2.21. The van der Waals surface area contributed by atoms with Gasteiger partial charge in [0.05, 0.1) is 17.3 Å². The average molecular weight is 419 g/mol. The van der Waals surface area contributed by atoms with Crippen LogP contribution in [-0.4, -0.2) is 49.2 Å². The van der Waals surface area contributed by atoms with E-state index in [0.29, 0.717) is 0 Å². The van der Waals surface area contributed by atoms with Crippen LogP contribution in [-0.2, 0) is 6.54 Å². The molecule has 0 aliphatic heterocycles. The predicted octanol–water partition coefficient (Wildman–Crippen LogP) is 4.94. The maximum atomic E-state index is 5.32. The lowest BCUT2D eigenvalue weighted by Crippen LogP contribution is -2.30. The molecular weight excluding hydrogens is 392 g/mol. The van der Waals surface area contributed by atoms with Gasteiger partial charge in [0.1, 0.15) is 5.75 Å². The van der Waals surface area contributed by atoms with E-state index in [1.807, 2.05) is 36.7 Å². The van der Waals surface area contributed by atoms with Crippen molar-refractivity contribution >= 4 is 26.7 Å². The van der Waals surface area contributed by atoms with Crippen molar-refractivity contribution in [3.63, 3.8) is 0 Å². The maximum Gasteiger partial charge on any atom is 0.186 e. The Morgan fingerprint density at radius 1 is 0.933 bits per heavy atom. The highest BCUT2D eigenvalue weighted by atomic mass is 32.1. The lowest BCUT2D eigenvalue weighted by atomic mass is 10.1. The van der Waals surface area contributed by atoms with Crippen LogP contribution in [0.15, 0.2) is 67.0 Å². The number of ether oxygens (including phenoxy) is 1. The van der Waals surface area contributed by atoms with Gasteiger partial charge in [-0.05, 0) is 60.1 Å². The van der Waals surface area contributed by atoms with Crippen molar-refractivity contribution in [2.24, 2.45) is 0 Å². The molecule has 0 N–H and O–H groups in total. The van der Waals surface area contributed by atoms with Crippen LogP contribution in [0.3, 0.4) is 0 Å². The topological polar surface area (TPSA) is 41.5 Å². The Balaban J connectivity index is 1.39. The molecule has 0 amide bonds. The molecule has 0 aliphatic rings. The second-order valence-corrected chi connectivity index (χ2v) is 8.43. The summed E-state index contributed by atoms with van der Waals surface area (Å²) in [5.74, 6) is 0.902. The summed E-state index contributed by atoms with van der Waals surface area (Å²) >= 11 is 1.74. The second-order valence-electron chi connectivity index (χ2n) is 7.43. The van der Waals surface area contributed by atoms with Gasteiger partial charge in [-0.3, -0.25) is 4.98 Å². The van der Waals surface area contributed by atoms with Crippen LogP contribution < -0.4 is 9.64 Å². The molecule has 0 saturated heterocycles. The molecule has 4 aromatic rings. The van der Waals surface area contributed by atoms with Crippen molar-refractivity contribution in [1.29, 1.82) is 0 Å². The first-order chi connectivity index (χ1) is 14.6. The Labute approximate surface area is 181 Å². The molecule has 2 heterocycles. The Hall–Kier alpha value is -2.96. The minimum absolute atomic E-state index is 0.889. The van der Waals surface area contributed by atoms with Crippen molar-refractivity contribution in [3.05, 3.63) is 72.6 Å². The second kappa shape index (κ2) is 9.24. The van der Waals surface area contributed by atoms with E-state index >= 15 is 0 Å². The Morgan fingerprint density at radius 2 is 1.77 bits per heavy atom. The summed E-state index contributed by atoms with van der Waals surface area (Å²) in [5.41, 5.74) is 4.67. The minimum atomic E-state index is 0.889. The highest BCUT2D eigenvalue weighted by Crippen LogP contribution is 2.31. The smallest absolute Gasteiger partial charge is 0.186 e. The van der Waals surface area contributed by atoms with Gasteiger partial charge in [-0.15, -0.1) is 0 Å². The van der Waals surface area contributed by atoms with E-state index in [9.17, 15) is 0 Å². The Kier molecular flexibility index (Phi) is 6.26. The predicted molar refractivity (Wildman–Crippen MR) is 125 cm³/mol. The third-order valence-corrected chi connectivity index (χ3v) is 6.25. The van der Waals surface area contributed by atoms with E-state index in [1.165, 1.54) is 21.4 Å². The number of methoxy groups -OCH3 is 1. The molecule has 5 nitrogen and oxygen atoms in total. The molecule has 0 unspecified atom stereocenters. The number of likely N-dealkylation sites (N-methyl/N-ethyl adjacent to an activating group) is 2. The van der Waals surface area contributed by atoms with Gasteiger partial charge >= 0.3 is 0 Å². The number of hydrogen-bond donors (Lipinski definition) is 0. The number of hydrogen-bond acceptors (Lipinski definition) is 6. The van der Waals surface area contributed by atoms with Crippen LogP contribution in [0.2, 0.25) is 0 Å². The highest BCUT2D eigenvalue weighted by Gasteiger charge is 2.11. The molecule has 0 bridgehead atoms. The zero-order valence-corrected chi connectivity index (χ0v) is 18.4. The standard InChI is InChI=1S/C24H26N4OS/c1-27(17-18-5-4-6-21(15-18)29-3)13-14-28(2)24-26-22-8-7-20(16-23(22)30-24)19-9-11-25-12-10-19/h4-12,15-16H,13-14,17H2,1-3H3. The van der Waals surface area contributed by atoms with Crippen LogP contribution in [0, 0.1) is 0 Å². The molecule has 0 radical (unpaired) electrons. The summed E-state index contributed by atoms with van der Waals surface area (Å²) in [6.07, 6.45) is 3.65. The molecule has 2 aromatic carbocycles. The van der Waals surface area contributed by atoms with Crippen molar-refractivity contribution < 1.29 is 4.74 Å². The number of anilines is 1. The number of rotatable bonds is 8. The fourth-order valence-electron chi connectivity index (χ4n) is 3.38. The summed E-state index contributed by atoms with van der Waals surface area (Å²) in [4.78, 5) is 13.5. The van der Waals surface area contributed by atoms with Crippen LogP contribution in [0.25, 0.3) is 21.3 Å². The third-order valence-electron chi connectivity index (χ3n) is 5.12. The zero-order valence-electron chi connectivity index (χ0n) is 17.6. The first-order valence-electron chi connectivity index (χ1n) is 9.96. The van der Waals surface area contributed by atoms with E-state index in [2.05, 4.69) is 59.2 Å². The van der Waals surface area contributed by atoms with Gasteiger partial charge in [-0.25, -0.2) is 4.98 Å². The van der Waals surface area contributed by atoms with E-state index in [4.69, 9.17) is 9.72 Å². The van der Waals surface area contributed by atoms with Gasteiger partial charge in [-0.1, -0.05) is 29.5 Å². The molecular formula is C24H26N4OS. The number of nitrogens with zero attached hydrogens (tertiary/aromatic N) is 4. The number of aromatic nitrogens is 2. The summed E-state index contributed by atoms with van der Waals surface area (Å²) in [6.45, 7) is 2.75. The van der Waals surface area contributed by atoms with Crippen LogP contribution in [0.5, 0.6) is 5.75 Å². The van der Waals surface area contributed by atoms with Gasteiger partial charge in [0.25, 0.3) is 0 Å². The first-order valence-corrected chi connectivity index (χ1v) is 10.8. The molecule has 4 rings (SSSR count). The average Bonchev–Trinajstić information content (AvgIpc) is 3.22. The molecule has 0 fully saturated rings. The molecule has 0 aliphatic carbocycles. The molecule has 6 heteroatoms. The quantitative estimate of drug-likeness (QED) is 0.406. The SMILES string of the molecule is COc1cccc(CN(C)CCN(C)c2nc3ccc(-c4ccncc4)cc3s2)c1. The highest BCUT2D eigenvalue weighted by molar-refractivity contribution is 7.22. The summed E-state index contributed by atoms with van der Waals surface area (Å²) < 4.78 is 6.53. The monoisotopic (exact) mass is 418 g/mol. The molecule has 154 valence electrons. The lowest BCUT2D eigenvalue weighted by molar-refractivity contribution is 0.333. The van der Waals surface area contributed by atoms with Gasteiger partial charge in [0, 0.05) is 39.1 Å². The molecule has 0 saturated carbocycles. The molecule has 0 atom stereocenters.